The molecular formula is C27H36N4O2. The summed E-state index contributed by atoms with van der Waals surface area (Å²) in [4.78, 5) is 28.0. The third-order valence-corrected chi connectivity index (χ3v) is 7.86. The van der Waals surface area contributed by atoms with Crippen molar-refractivity contribution in [3.63, 3.8) is 0 Å². The molecule has 6 heteroatoms. The Balaban J connectivity index is 1.67. The first-order valence-corrected chi connectivity index (χ1v) is 12.4. The van der Waals surface area contributed by atoms with E-state index in [1.54, 1.807) is 0 Å². The second-order valence-electron chi connectivity index (χ2n) is 10.9. The lowest BCUT2D eigenvalue weighted by atomic mass is 9.75. The molecule has 3 aliphatic rings. The molecule has 33 heavy (non-hydrogen) atoms. The molecule has 1 atom stereocenters. The standard InChI is InChI=1S/C27H36N4O2/c1-17-22-8-4-5-11-30-12-6-7-19(30)16-29-21-13-18(9-10-20(21)26(28)33)31(22)23-14-27(2,3)15-24(32)25(17)23/h9-10,13,19,29H,4-8,11-12,14-16H2,1-3H3,(H2,28,33)/t19-/m1/s1. The van der Waals surface area contributed by atoms with Crippen LogP contribution in [-0.4, -0.2) is 46.8 Å². The van der Waals surface area contributed by atoms with E-state index in [4.69, 9.17) is 5.73 Å². The molecule has 0 radical (unpaired) electrons. The number of rotatable bonds is 1. The molecule has 6 nitrogen and oxygen atoms in total. The van der Waals surface area contributed by atoms with E-state index in [1.807, 2.05) is 12.1 Å². The first-order chi connectivity index (χ1) is 15.7. The largest absolute Gasteiger partial charge is 0.383 e. The molecule has 3 N–H and O–H groups in total. The number of carbonyl (C=O) groups excluding carboxylic acids is 2. The average molecular weight is 449 g/mol. The number of nitrogens with zero attached hydrogens (tertiary/aromatic N) is 2. The first kappa shape index (κ1) is 22.2. The number of primary amides is 1. The lowest BCUT2D eigenvalue weighted by molar-refractivity contribution is 0.0909. The molecule has 1 aromatic heterocycles. The summed E-state index contributed by atoms with van der Waals surface area (Å²) in [6.45, 7) is 9.52. The minimum Gasteiger partial charge on any atom is -0.383 e. The molecule has 0 saturated carbocycles. The second kappa shape index (κ2) is 8.32. The van der Waals surface area contributed by atoms with E-state index in [9.17, 15) is 9.59 Å². The normalized spacial score (nSPS) is 22.8. The molecule has 2 bridgehead atoms. The van der Waals surface area contributed by atoms with Gasteiger partial charge in [-0.25, -0.2) is 0 Å². The summed E-state index contributed by atoms with van der Waals surface area (Å²) >= 11 is 0. The molecule has 1 aliphatic carbocycles. The smallest absolute Gasteiger partial charge is 0.250 e. The van der Waals surface area contributed by atoms with Crippen molar-refractivity contribution in [2.75, 3.05) is 25.0 Å². The molecular weight excluding hydrogens is 412 g/mol. The Hall–Kier alpha value is -2.60. The van der Waals surface area contributed by atoms with Crippen LogP contribution in [0.15, 0.2) is 18.2 Å². The number of ketones is 1. The van der Waals surface area contributed by atoms with Gasteiger partial charge in [0, 0.05) is 47.3 Å². The molecule has 3 heterocycles. The molecule has 0 unspecified atom stereocenters. The van der Waals surface area contributed by atoms with E-state index in [0.717, 1.165) is 73.5 Å². The third-order valence-electron chi connectivity index (χ3n) is 7.86. The van der Waals surface area contributed by atoms with E-state index >= 15 is 0 Å². The van der Waals surface area contributed by atoms with Crippen molar-refractivity contribution in [3.8, 4) is 5.69 Å². The summed E-state index contributed by atoms with van der Waals surface area (Å²) in [5, 5.41) is 3.56. The van der Waals surface area contributed by atoms with Crippen molar-refractivity contribution in [2.45, 2.75) is 71.8 Å². The molecule has 1 fully saturated rings. The van der Waals surface area contributed by atoms with Crippen LogP contribution in [0.4, 0.5) is 5.69 Å². The maximum Gasteiger partial charge on any atom is 0.250 e. The molecule has 176 valence electrons. The number of fused-ring (bicyclic) bond motifs is 7. The van der Waals surface area contributed by atoms with Crippen molar-refractivity contribution < 1.29 is 9.59 Å². The summed E-state index contributed by atoms with van der Waals surface area (Å²) < 4.78 is 2.32. The van der Waals surface area contributed by atoms with E-state index < -0.39 is 5.91 Å². The van der Waals surface area contributed by atoms with Gasteiger partial charge >= 0.3 is 0 Å². The fourth-order valence-electron chi connectivity index (χ4n) is 6.28. The van der Waals surface area contributed by atoms with Crippen LogP contribution in [0.5, 0.6) is 0 Å². The lowest BCUT2D eigenvalue weighted by Gasteiger charge is -2.30. The zero-order valence-corrected chi connectivity index (χ0v) is 20.2. The van der Waals surface area contributed by atoms with E-state index in [0.29, 0.717) is 18.0 Å². The van der Waals surface area contributed by atoms with Gasteiger partial charge in [-0.05, 0) is 87.7 Å². The Morgan fingerprint density at radius 3 is 2.70 bits per heavy atom. The average Bonchev–Trinajstić information content (AvgIpc) is 3.29. The van der Waals surface area contributed by atoms with Gasteiger partial charge in [0.2, 0.25) is 0 Å². The summed E-state index contributed by atoms with van der Waals surface area (Å²) in [6.07, 6.45) is 7.06. The van der Waals surface area contributed by atoms with Gasteiger partial charge < -0.3 is 15.6 Å². The molecule has 1 saturated heterocycles. The summed E-state index contributed by atoms with van der Waals surface area (Å²) in [5.74, 6) is -0.161. The SMILES string of the molecule is Cc1c2c(n3c1CCCCN1CCC[C@@H]1CNc1cc-3ccc1C(N)=O)CC(C)(C)CC2=O. The fourth-order valence-corrected chi connectivity index (χ4v) is 6.28. The monoisotopic (exact) mass is 448 g/mol. The molecule has 2 aromatic rings. The zero-order valence-electron chi connectivity index (χ0n) is 20.2. The van der Waals surface area contributed by atoms with Crippen LogP contribution in [0, 0.1) is 12.3 Å². The number of nitrogens with one attached hydrogen (secondary N) is 1. The highest BCUT2D eigenvalue weighted by Gasteiger charge is 2.37. The first-order valence-electron chi connectivity index (χ1n) is 12.4. The Morgan fingerprint density at radius 1 is 1.12 bits per heavy atom. The van der Waals surface area contributed by atoms with Crippen LogP contribution >= 0.6 is 0 Å². The predicted molar refractivity (Wildman–Crippen MR) is 131 cm³/mol. The number of carbonyl (C=O) groups is 2. The molecule has 1 aromatic carbocycles. The van der Waals surface area contributed by atoms with Gasteiger partial charge in [0.15, 0.2) is 5.78 Å². The number of aromatic nitrogens is 1. The number of benzene rings is 1. The number of amides is 1. The van der Waals surface area contributed by atoms with Crippen LogP contribution in [0.1, 0.15) is 83.6 Å². The van der Waals surface area contributed by atoms with Gasteiger partial charge in [-0.3, -0.25) is 14.5 Å². The van der Waals surface area contributed by atoms with Gasteiger partial charge in [-0.15, -0.1) is 0 Å². The maximum atomic E-state index is 13.2. The Bertz CT molecular complexity index is 1110. The van der Waals surface area contributed by atoms with Gasteiger partial charge in [0.05, 0.1) is 5.56 Å². The summed E-state index contributed by atoms with van der Waals surface area (Å²) in [7, 11) is 0. The van der Waals surface area contributed by atoms with Crippen molar-refractivity contribution in [1.82, 2.24) is 9.47 Å². The van der Waals surface area contributed by atoms with E-state index in [2.05, 4.69) is 41.6 Å². The fraction of sp³-hybridized carbons (Fsp3) is 0.556. The van der Waals surface area contributed by atoms with Crippen LogP contribution < -0.4 is 11.1 Å². The minimum absolute atomic E-state index is 0.0637. The highest BCUT2D eigenvalue weighted by molar-refractivity contribution is 6.01. The Morgan fingerprint density at radius 2 is 1.91 bits per heavy atom. The number of nitrogens with two attached hydrogens (primary N) is 1. The van der Waals surface area contributed by atoms with Gasteiger partial charge in [-0.1, -0.05) is 13.8 Å². The van der Waals surface area contributed by atoms with E-state index in [-0.39, 0.29) is 11.2 Å². The highest BCUT2D eigenvalue weighted by Crippen LogP contribution is 2.41. The zero-order chi connectivity index (χ0) is 23.3. The number of anilines is 1. The topological polar surface area (TPSA) is 80.4 Å². The minimum atomic E-state index is -0.418. The Labute approximate surface area is 196 Å². The lowest BCUT2D eigenvalue weighted by Crippen LogP contribution is -2.36. The van der Waals surface area contributed by atoms with Gasteiger partial charge in [0.1, 0.15) is 0 Å². The number of hydrogen-bond acceptors (Lipinski definition) is 4. The molecule has 1 amide bonds. The highest BCUT2D eigenvalue weighted by atomic mass is 16.1. The van der Waals surface area contributed by atoms with Crippen LogP contribution in [0.3, 0.4) is 0 Å². The van der Waals surface area contributed by atoms with Crippen molar-refractivity contribution >= 4 is 17.4 Å². The van der Waals surface area contributed by atoms with Crippen molar-refractivity contribution in [2.24, 2.45) is 11.1 Å². The van der Waals surface area contributed by atoms with Crippen LogP contribution in [-0.2, 0) is 12.8 Å². The number of hydrogen-bond donors (Lipinski definition) is 2. The molecule has 0 spiro atoms. The molecule has 2 aliphatic heterocycles. The van der Waals surface area contributed by atoms with E-state index in [1.165, 1.54) is 18.5 Å². The van der Waals surface area contributed by atoms with Gasteiger partial charge in [0.25, 0.3) is 5.91 Å². The third kappa shape index (κ3) is 3.99. The van der Waals surface area contributed by atoms with Crippen molar-refractivity contribution in [1.29, 1.82) is 0 Å². The quantitative estimate of drug-likeness (QED) is 0.683. The number of Topliss-reactive ketones (excluding diaryl/α,β-unsaturated/α-hetero) is 1. The summed E-state index contributed by atoms with van der Waals surface area (Å²) in [6, 6.07) is 6.38. The summed E-state index contributed by atoms with van der Waals surface area (Å²) in [5.41, 5.74) is 12.4. The van der Waals surface area contributed by atoms with Crippen molar-refractivity contribution in [3.05, 3.63) is 46.3 Å². The molecule has 5 rings (SSSR count). The van der Waals surface area contributed by atoms with Crippen LogP contribution in [0.2, 0.25) is 0 Å². The predicted octanol–water partition coefficient (Wildman–Crippen LogP) is 4.25. The van der Waals surface area contributed by atoms with Crippen LogP contribution in [0.25, 0.3) is 5.69 Å². The second-order valence-corrected chi connectivity index (χ2v) is 10.9. The maximum absolute atomic E-state index is 13.2. The Kier molecular flexibility index (Phi) is 5.60. The van der Waals surface area contributed by atoms with Gasteiger partial charge in [-0.2, -0.15) is 0 Å².